The Hall–Kier alpha value is -2.47. The molecule has 118 valence electrons. The van der Waals surface area contributed by atoms with Crippen molar-refractivity contribution in [3.63, 3.8) is 0 Å². The molecule has 0 aliphatic carbocycles. The number of fused-ring (bicyclic) bond motifs is 1. The number of nitrogens with one attached hydrogen (secondary N) is 1. The van der Waals surface area contributed by atoms with Crippen molar-refractivity contribution in [1.29, 1.82) is 0 Å². The van der Waals surface area contributed by atoms with Crippen LogP contribution in [0.2, 0.25) is 0 Å². The van der Waals surface area contributed by atoms with Crippen molar-refractivity contribution in [3.8, 4) is 0 Å². The maximum absolute atomic E-state index is 12.6. The zero-order valence-corrected chi connectivity index (χ0v) is 14.3. The minimum Gasteiger partial charge on any atom is -0.397 e. The van der Waals surface area contributed by atoms with Gasteiger partial charge in [0.1, 0.15) is 15.5 Å². The highest BCUT2D eigenvalue weighted by Gasteiger charge is 2.20. The van der Waals surface area contributed by atoms with E-state index in [-0.39, 0.29) is 5.91 Å². The minimum absolute atomic E-state index is 0.248. The molecule has 3 rings (SSSR count). The Morgan fingerprint density at radius 3 is 2.65 bits per heavy atom. The summed E-state index contributed by atoms with van der Waals surface area (Å²) in [6.07, 6.45) is 1.65. The SMILES string of the molecule is Cc1cccnc1NC(=O)c1sc2nc(C)c(C)c(C)c2c1N. The van der Waals surface area contributed by atoms with E-state index in [1.54, 1.807) is 6.20 Å². The molecule has 3 aromatic rings. The van der Waals surface area contributed by atoms with Gasteiger partial charge in [-0.15, -0.1) is 11.3 Å². The van der Waals surface area contributed by atoms with Crippen LogP contribution in [-0.4, -0.2) is 15.9 Å². The number of nitrogens with two attached hydrogens (primary N) is 1. The van der Waals surface area contributed by atoms with Gasteiger partial charge in [-0.1, -0.05) is 6.07 Å². The van der Waals surface area contributed by atoms with E-state index in [4.69, 9.17) is 5.73 Å². The van der Waals surface area contributed by atoms with Crippen molar-refractivity contribution in [2.45, 2.75) is 27.7 Å². The van der Waals surface area contributed by atoms with Crippen molar-refractivity contribution < 1.29 is 4.79 Å². The Balaban J connectivity index is 2.07. The third kappa shape index (κ3) is 2.55. The molecule has 0 unspecified atom stereocenters. The Morgan fingerprint density at radius 1 is 1.22 bits per heavy atom. The molecule has 3 heterocycles. The molecule has 6 heteroatoms. The van der Waals surface area contributed by atoms with Gasteiger partial charge in [-0.05, 0) is 50.5 Å². The lowest BCUT2D eigenvalue weighted by Crippen LogP contribution is -2.13. The molecule has 0 fully saturated rings. The van der Waals surface area contributed by atoms with Crippen LogP contribution < -0.4 is 11.1 Å². The highest BCUT2D eigenvalue weighted by Crippen LogP contribution is 2.36. The molecule has 0 atom stereocenters. The smallest absolute Gasteiger partial charge is 0.269 e. The lowest BCUT2D eigenvalue weighted by Gasteiger charge is -2.07. The molecule has 0 saturated heterocycles. The van der Waals surface area contributed by atoms with E-state index in [2.05, 4.69) is 15.3 Å². The van der Waals surface area contributed by atoms with Crippen molar-refractivity contribution in [1.82, 2.24) is 9.97 Å². The molecular formula is C17H18N4OS. The number of hydrogen-bond acceptors (Lipinski definition) is 5. The van der Waals surface area contributed by atoms with Crippen molar-refractivity contribution in [2.24, 2.45) is 0 Å². The van der Waals surface area contributed by atoms with Gasteiger partial charge in [0.25, 0.3) is 5.91 Å². The average molecular weight is 326 g/mol. The highest BCUT2D eigenvalue weighted by molar-refractivity contribution is 7.21. The molecule has 3 N–H and O–H groups in total. The molecule has 1 amide bonds. The largest absolute Gasteiger partial charge is 0.397 e. The topological polar surface area (TPSA) is 80.9 Å². The highest BCUT2D eigenvalue weighted by atomic mass is 32.1. The first-order valence-electron chi connectivity index (χ1n) is 7.29. The van der Waals surface area contributed by atoms with Crippen LogP contribution >= 0.6 is 11.3 Å². The predicted octanol–water partition coefficient (Wildman–Crippen LogP) is 3.76. The second-order valence-corrected chi connectivity index (χ2v) is 6.59. The molecule has 0 spiro atoms. The quantitative estimate of drug-likeness (QED) is 0.751. The number of nitrogens with zero attached hydrogens (tertiary/aromatic N) is 2. The summed E-state index contributed by atoms with van der Waals surface area (Å²) in [5.74, 6) is 0.299. The fourth-order valence-electron chi connectivity index (χ4n) is 2.52. The van der Waals surface area contributed by atoms with Crippen molar-refractivity contribution in [3.05, 3.63) is 45.6 Å². The van der Waals surface area contributed by atoms with Crippen LogP contribution in [0.3, 0.4) is 0 Å². The van der Waals surface area contributed by atoms with Crippen molar-refractivity contribution >= 4 is 39.0 Å². The molecule has 0 aliphatic rings. The Morgan fingerprint density at radius 2 is 1.96 bits per heavy atom. The summed E-state index contributed by atoms with van der Waals surface area (Å²) in [5.41, 5.74) is 10.8. The second kappa shape index (κ2) is 5.62. The Bertz CT molecular complexity index is 930. The van der Waals surface area contributed by atoms with Crippen LogP contribution in [0.15, 0.2) is 18.3 Å². The summed E-state index contributed by atoms with van der Waals surface area (Å²) in [5, 5.41) is 3.71. The summed E-state index contributed by atoms with van der Waals surface area (Å²) >= 11 is 1.32. The van der Waals surface area contributed by atoms with E-state index >= 15 is 0 Å². The summed E-state index contributed by atoms with van der Waals surface area (Å²) in [6.45, 7) is 7.90. The molecular weight excluding hydrogens is 308 g/mol. The number of nitrogen functional groups attached to an aromatic ring is 1. The van der Waals surface area contributed by atoms with Gasteiger partial charge in [-0.2, -0.15) is 0 Å². The van der Waals surface area contributed by atoms with Gasteiger partial charge >= 0.3 is 0 Å². The zero-order valence-electron chi connectivity index (χ0n) is 13.5. The molecule has 3 aromatic heterocycles. The van der Waals surface area contributed by atoms with Gasteiger partial charge in [0.05, 0.1) is 5.69 Å². The number of rotatable bonds is 2. The monoisotopic (exact) mass is 326 g/mol. The predicted molar refractivity (Wildman–Crippen MR) is 95.2 cm³/mol. The number of hydrogen-bond donors (Lipinski definition) is 2. The van der Waals surface area contributed by atoms with Crippen LogP contribution in [0.1, 0.15) is 32.1 Å². The number of aromatic nitrogens is 2. The normalized spacial score (nSPS) is 11.0. The standard InChI is InChI=1S/C17H18N4OS/c1-8-6-5-7-19-15(8)21-16(22)14-13(18)12-10(3)9(2)11(4)20-17(12)23-14/h5-7H,18H2,1-4H3,(H,19,21,22). The Kier molecular flexibility index (Phi) is 3.77. The number of carbonyl (C=O) groups excluding carboxylic acids is 1. The molecule has 0 radical (unpaired) electrons. The van der Waals surface area contributed by atoms with E-state index in [1.165, 1.54) is 11.3 Å². The molecule has 0 bridgehead atoms. The number of aryl methyl sites for hydroxylation is 3. The average Bonchev–Trinajstić information content (AvgIpc) is 2.84. The van der Waals surface area contributed by atoms with Gasteiger partial charge < -0.3 is 11.1 Å². The Labute approximate surface area is 138 Å². The summed E-state index contributed by atoms with van der Waals surface area (Å²) in [6, 6.07) is 3.73. The van der Waals surface area contributed by atoms with Gasteiger partial charge in [0.2, 0.25) is 0 Å². The van der Waals surface area contributed by atoms with E-state index in [0.717, 1.165) is 32.6 Å². The number of pyridine rings is 2. The molecule has 0 saturated carbocycles. The first kappa shape index (κ1) is 15.4. The zero-order chi connectivity index (χ0) is 16.7. The van der Waals surface area contributed by atoms with Crippen LogP contribution in [-0.2, 0) is 0 Å². The maximum atomic E-state index is 12.6. The molecule has 23 heavy (non-hydrogen) atoms. The molecule has 0 aliphatic heterocycles. The fourth-order valence-corrected chi connectivity index (χ4v) is 3.61. The van der Waals surface area contributed by atoms with Gasteiger partial charge in [0, 0.05) is 17.3 Å². The second-order valence-electron chi connectivity index (χ2n) is 5.60. The van der Waals surface area contributed by atoms with Crippen LogP contribution in [0, 0.1) is 27.7 Å². The summed E-state index contributed by atoms with van der Waals surface area (Å²) in [4.78, 5) is 22.6. The van der Waals surface area contributed by atoms with Crippen molar-refractivity contribution in [2.75, 3.05) is 11.1 Å². The van der Waals surface area contributed by atoms with Gasteiger partial charge in [-0.3, -0.25) is 4.79 Å². The number of carbonyl (C=O) groups is 1. The number of amides is 1. The first-order valence-corrected chi connectivity index (χ1v) is 8.10. The molecule has 0 aromatic carbocycles. The van der Waals surface area contributed by atoms with Crippen LogP contribution in [0.4, 0.5) is 11.5 Å². The first-order chi connectivity index (χ1) is 10.9. The number of anilines is 2. The van der Waals surface area contributed by atoms with Gasteiger partial charge in [-0.25, -0.2) is 9.97 Å². The third-order valence-electron chi connectivity index (χ3n) is 4.12. The lowest BCUT2D eigenvalue weighted by molar-refractivity contribution is 0.103. The fraction of sp³-hybridized carbons (Fsp3) is 0.235. The number of thiophene rings is 1. The van der Waals surface area contributed by atoms with Crippen LogP contribution in [0.5, 0.6) is 0 Å². The maximum Gasteiger partial charge on any atom is 0.269 e. The molecule has 5 nitrogen and oxygen atoms in total. The summed E-state index contributed by atoms with van der Waals surface area (Å²) in [7, 11) is 0. The van der Waals surface area contributed by atoms with E-state index in [0.29, 0.717) is 16.4 Å². The van der Waals surface area contributed by atoms with Crippen LogP contribution in [0.25, 0.3) is 10.2 Å². The lowest BCUT2D eigenvalue weighted by atomic mass is 10.1. The van der Waals surface area contributed by atoms with E-state index in [1.807, 2.05) is 39.8 Å². The third-order valence-corrected chi connectivity index (χ3v) is 5.22. The summed E-state index contributed by atoms with van der Waals surface area (Å²) < 4.78 is 0. The van der Waals surface area contributed by atoms with E-state index < -0.39 is 0 Å². The minimum atomic E-state index is -0.248. The van der Waals surface area contributed by atoms with Gasteiger partial charge in [0.15, 0.2) is 0 Å². The van der Waals surface area contributed by atoms with E-state index in [9.17, 15) is 4.79 Å².